The van der Waals surface area contributed by atoms with Gasteiger partial charge in [-0.05, 0) is 61.9 Å². The molecule has 1 aliphatic carbocycles. The van der Waals surface area contributed by atoms with Crippen molar-refractivity contribution in [3.63, 3.8) is 0 Å². The average molecular weight is 217 g/mol. The number of phenolic OH excluding ortho intramolecular Hbond substituents is 1. The molecule has 1 fully saturated rings. The second kappa shape index (κ2) is 3.77. The van der Waals surface area contributed by atoms with Gasteiger partial charge in [-0.3, -0.25) is 0 Å². The topological polar surface area (TPSA) is 32.3 Å². The first-order valence-corrected chi connectivity index (χ1v) is 6.33. The molecule has 0 aromatic heterocycles. The Morgan fingerprint density at radius 3 is 2.88 bits per heavy atom. The molecule has 1 heterocycles. The van der Waals surface area contributed by atoms with E-state index in [-0.39, 0.29) is 0 Å². The van der Waals surface area contributed by atoms with Crippen LogP contribution in [-0.4, -0.2) is 17.2 Å². The van der Waals surface area contributed by atoms with E-state index in [0.29, 0.717) is 11.3 Å². The van der Waals surface area contributed by atoms with Crippen molar-refractivity contribution in [3.05, 3.63) is 29.3 Å². The Morgan fingerprint density at radius 1 is 1.12 bits per heavy atom. The summed E-state index contributed by atoms with van der Waals surface area (Å²) < 4.78 is 0. The van der Waals surface area contributed by atoms with Crippen LogP contribution in [0.5, 0.6) is 5.75 Å². The Balaban J connectivity index is 1.88. The standard InChI is InChI=1S/C14H19NO/c16-13-4-3-12-10-14(6-1-2-8-15-14)7-5-11(12)9-13/h3-4,9,15-16H,1-2,5-8,10H2. The maximum Gasteiger partial charge on any atom is 0.115 e. The van der Waals surface area contributed by atoms with Crippen LogP contribution < -0.4 is 5.32 Å². The van der Waals surface area contributed by atoms with Gasteiger partial charge in [0.25, 0.3) is 0 Å². The van der Waals surface area contributed by atoms with Crippen LogP contribution in [0.3, 0.4) is 0 Å². The summed E-state index contributed by atoms with van der Waals surface area (Å²) in [7, 11) is 0. The summed E-state index contributed by atoms with van der Waals surface area (Å²) in [5, 5.41) is 13.2. The van der Waals surface area contributed by atoms with E-state index in [1.54, 1.807) is 0 Å². The van der Waals surface area contributed by atoms with Crippen LogP contribution in [0, 0.1) is 0 Å². The zero-order chi connectivity index (χ0) is 11.0. The fourth-order valence-electron chi connectivity index (χ4n) is 3.24. The first-order chi connectivity index (χ1) is 7.77. The van der Waals surface area contributed by atoms with Gasteiger partial charge in [-0.1, -0.05) is 12.5 Å². The molecule has 1 saturated heterocycles. The van der Waals surface area contributed by atoms with Gasteiger partial charge < -0.3 is 10.4 Å². The van der Waals surface area contributed by atoms with E-state index in [1.807, 2.05) is 12.1 Å². The highest BCUT2D eigenvalue weighted by molar-refractivity contribution is 5.38. The minimum absolute atomic E-state index is 0.363. The van der Waals surface area contributed by atoms with Crippen molar-refractivity contribution in [2.24, 2.45) is 0 Å². The normalized spacial score (nSPS) is 29.0. The van der Waals surface area contributed by atoms with Crippen molar-refractivity contribution < 1.29 is 5.11 Å². The number of fused-ring (bicyclic) bond motifs is 1. The predicted molar refractivity (Wildman–Crippen MR) is 64.7 cm³/mol. The van der Waals surface area contributed by atoms with E-state index >= 15 is 0 Å². The third kappa shape index (κ3) is 1.71. The molecule has 0 saturated carbocycles. The third-order valence-corrected chi connectivity index (χ3v) is 4.17. The van der Waals surface area contributed by atoms with Gasteiger partial charge >= 0.3 is 0 Å². The smallest absolute Gasteiger partial charge is 0.115 e. The summed E-state index contributed by atoms with van der Waals surface area (Å²) in [5.74, 6) is 0.409. The molecule has 16 heavy (non-hydrogen) atoms. The van der Waals surface area contributed by atoms with Gasteiger partial charge in [0.05, 0.1) is 0 Å². The lowest BCUT2D eigenvalue weighted by molar-refractivity contribution is 0.225. The molecule has 1 aliphatic heterocycles. The minimum Gasteiger partial charge on any atom is -0.508 e. The SMILES string of the molecule is Oc1ccc2c(c1)CCC1(CCCCN1)C2. The maximum atomic E-state index is 9.47. The highest BCUT2D eigenvalue weighted by atomic mass is 16.3. The number of aromatic hydroxyl groups is 1. The van der Waals surface area contributed by atoms with Gasteiger partial charge in [-0.15, -0.1) is 0 Å². The Hall–Kier alpha value is -1.02. The van der Waals surface area contributed by atoms with Gasteiger partial charge in [0.1, 0.15) is 5.75 Å². The third-order valence-electron chi connectivity index (χ3n) is 4.17. The highest BCUT2D eigenvalue weighted by Gasteiger charge is 2.35. The van der Waals surface area contributed by atoms with Crippen molar-refractivity contribution in [3.8, 4) is 5.75 Å². The van der Waals surface area contributed by atoms with Crippen LogP contribution in [0.15, 0.2) is 18.2 Å². The van der Waals surface area contributed by atoms with Gasteiger partial charge in [-0.2, -0.15) is 0 Å². The van der Waals surface area contributed by atoms with Crippen LogP contribution in [0.2, 0.25) is 0 Å². The van der Waals surface area contributed by atoms with Crippen molar-refractivity contribution in [1.82, 2.24) is 5.32 Å². The number of hydrogen-bond acceptors (Lipinski definition) is 2. The zero-order valence-electron chi connectivity index (χ0n) is 9.63. The maximum absolute atomic E-state index is 9.47. The fourth-order valence-corrected chi connectivity index (χ4v) is 3.24. The lowest BCUT2D eigenvalue weighted by Gasteiger charge is -2.42. The molecule has 0 bridgehead atoms. The highest BCUT2D eigenvalue weighted by Crippen LogP contribution is 2.35. The molecule has 1 atom stereocenters. The molecule has 2 N–H and O–H groups in total. The Kier molecular flexibility index (Phi) is 2.40. The molecule has 0 amide bonds. The molecule has 2 aliphatic rings. The van der Waals surface area contributed by atoms with Crippen LogP contribution in [0.25, 0.3) is 0 Å². The second-order valence-corrected chi connectivity index (χ2v) is 5.29. The Bertz CT molecular complexity index is 394. The Labute approximate surface area is 96.7 Å². The Morgan fingerprint density at radius 2 is 2.06 bits per heavy atom. The molecule has 2 heteroatoms. The van der Waals surface area contributed by atoms with Crippen LogP contribution in [0.4, 0.5) is 0 Å². The van der Waals surface area contributed by atoms with Crippen molar-refractivity contribution in [2.75, 3.05) is 6.54 Å². The summed E-state index contributed by atoms with van der Waals surface area (Å²) in [6, 6.07) is 5.85. The fraction of sp³-hybridized carbons (Fsp3) is 0.571. The van der Waals surface area contributed by atoms with Crippen LogP contribution >= 0.6 is 0 Å². The quantitative estimate of drug-likeness (QED) is 0.699. The summed E-state index contributed by atoms with van der Waals surface area (Å²) in [5.41, 5.74) is 3.14. The van der Waals surface area contributed by atoms with Crippen LogP contribution in [0.1, 0.15) is 36.8 Å². The molecule has 86 valence electrons. The largest absolute Gasteiger partial charge is 0.508 e. The molecule has 3 rings (SSSR count). The van der Waals surface area contributed by atoms with Crippen molar-refractivity contribution in [2.45, 2.75) is 44.1 Å². The van der Waals surface area contributed by atoms with E-state index < -0.39 is 0 Å². The average Bonchev–Trinajstić information content (AvgIpc) is 2.31. The van der Waals surface area contributed by atoms with Crippen molar-refractivity contribution >= 4 is 0 Å². The molecule has 1 aromatic carbocycles. The van der Waals surface area contributed by atoms with Crippen LogP contribution in [-0.2, 0) is 12.8 Å². The minimum atomic E-state index is 0.363. The number of phenols is 1. The van der Waals surface area contributed by atoms with E-state index in [0.717, 1.165) is 12.8 Å². The summed E-state index contributed by atoms with van der Waals surface area (Å²) in [4.78, 5) is 0. The zero-order valence-corrected chi connectivity index (χ0v) is 9.63. The number of aryl methyl sites for hydroxylation is 1. The molecule has 1 unspecified atom stereocenters. The van der Waals surface area contributed by atoms with E-state index in [2.05, 4.69) is 11.4 Å². The van der Waals surface area contributed by atoms with Gasteiger partial charge in [0.15, 0.2) is 0 Å². The van der Waals surface area contributed by atoms with Gasteiger partial charge in [-0.25, -0.2) is 0 Å². The van der Waals surface area contributed by atoms with Gasteiger partial charge in [0, 0.05) is 5.54 Å². The predicted octanol–water partition coefficient (Wildman–Crippen LogP) is 2.39. The molecule has 2 nitrogen and oxygen atoms in total. The van der Waals surface area contributed by atoms with Crippen molar-refractivity contribution in [1.29, 1.82) is 0 Å². The molecular formula is C14H19NO. The first-order valence-electron chi connectivity index (χ1n) is 6.33. The summed E-state index contributed by atoms with van der Waals surface area (Å²) in [6.07, 6.45) is 7.47. The molecular weight excluding hydrogens is 198 g/mol. The van der Waals surface area contributed by atoms with Gasteiger partial charge in [0.2, 0.25) is 0 Å². The summed E-state index contributed by atoms with van der Waals surface area (Å²) >= 11 is 0. The molecule has 1 spiro atoms. The number of nitrogens with one attached hydrogen (secondary N) is 1. The van der Waals surface area contributed by atoms with E-state index in [1.165, 1.54) is 43.4 Å². The number of rotatable bonds is 0. The number of hydrogen-bond donors (Lipinski definition) is 2. The summed E-state index contributed by atoms with van der Waals surface area (Å²) in [6.45, 7) is 1.17. The molecule has 0 radical (unpaired) electrons. The lowest BCUT2D eigenvalue weighted by Crippen LogP contribution is -2.52. The first kappa shape index (κ1) is 10.2. The van der Waals surface area contributed by atoms with E-state index in [4.69, 9.17) is 0 Å². The number of benzene rings is 1. The lowest BCUT2D eigenvalue weighted by atomic mass is 9.74. The van der Waals surface area contributed by atoms with E-state index in [9.17, 15) is 5.11 Å². The monoisotopic (exact) mass is 217 g/mol. The second-order valence-electron chi connectivity index (χ2n) is 5.29. The number of piperidine rings is 1. The molecule has 1 aromatic rings.